The number of nitrogens with zero attached hydrogens (tertiary/aromatic N) is 1. The lowest BCUT2D eigenvalue weighted by Crippen LogP contribution is -2.15. The van der Waals surface area contributed by atoms with Crippen LogP contribution < -0.4 is 10.7 Å². The van der Waals surface area contributed by atoms with Gasteiger partial charge in [0.1, 0.15) is 5.71 Å². The van der Waals surface area contributed by atoms with Crippen molar-refractivity contribution in [1.82, 2.24) is 15.7 Å². The number of hydrogen-bond acceptors (Lipinski definition) is 4. The first-order chi connectivity index (χ1) is 15.7. The van der Waals surface area contributed by atoms with Crippen LogP contribution in [0.5, 0.6) is 0 Å². The summed E-state index contributed by atoms with van der Waals surface area (Å²) in [5.41, 5.74) is 9.97. The van der Waals surface area contributed by atoms with Gasteiger partial charge < -0.3 is 14.7 Å². The van der Waals surface area contributed by atoms with Gasteiger partial charge >= 0.3 is 0 Å². The second-order valence-corrected chi connectivity index (χ2v) is 8.53. The van der Waals surface area contributed by atoms with Crippen molar-refractivity contribution in [3.63, 3.8) is 0 Å². The molecule has 3 heterocycles. The van der Waals surface area contributed by atoms with Gasteiger partial charge in [-0.3, -0.25) is 4.79 Å². The van der Waals surface area contributed by atoms with E-state index in [9.17, 15) is 4.79 Å². The van der Waals surface area contributed by atoms with Crippen LogP contribution in [0.25, 0.3) is 6.08 Å². The van der Waals surface area contributed by atoms with E-state index in [1.54, 1.807) is 12.3 Å². The number of aryl methyl sites for hydroxylation is 1. The first-order valence-corrected chi connectivity index (χ1v) is 11.3. The van der Waals surface area contributed by atoms with Crippen LogP contribution in [0.3, 0.4) is 0 Å². The van der Waals surface area contributed by atoms with Crippen molar-refractivity contribution in [1.29, 1.82) is 0 Å². The van der Waals surface area contributed by atoms with Crippen LogP contribution in [-0.4, -0.2) is 23.1 Å². The molecule has 0 spiro atoms. The third-order valence-electron chi connectivity index (χ3n) is 6.14. The fourth-order valence-corrected chi connectivity index (χ4v) is 4.42. The van der Waals surface area contributed by atoms with Crippen LogP contribution in [0.15, 0.2) is 63.8 Å². The number of H-pyrrole nitrogens is 1. The molecular weight excluding hydrogens is 400 g/mol. The number of aromatic nitrogens is 1. The van der Waals surface area contributed by atoms with Crippen molar-refractivity contribution in [2.45, 2.75) is 45.1 Å². The highest BCUT2D eigenvalue weighted by molar-refractivity contribution is 6.32. The quantitative estimate of drug-likeness (QED) is 0.348. The fourth-order valence-electron chi connectivity index (χ4n) is 4.42. The standard InChI is InChI=1S/C26H28N4O2/c1-17-20(9-5-13-27-16-18-7-3-2-4-8-18)24(19-11-12-19)22(28-17)15-21-25(29-30-26(21)31)23-10-6-14-32-23/h2-4,6-8,10,14-15,19,27-28H,5,9,11-13,16H2,1H3,(H,30,31)/b21-15+. The van der Waals surface area contributed by atoms with Gasteiger partial charge in [-0.1, -0.05) is 30.3 Å². The third kappa shape index (κ3) is 4.32. The molecule has 32 heavy (non-hydrogen) atoms. The normalized spacial score (nSPS) is 17.1. The number of aromatic amines is 1. The number of benzene rings is 1. The van der Waals surface area contributed by atoms with E-state index in [4.69, 9.17) is 4.42 Å². The average molecular weight is 429 g/mol. The lowest BCUT2D eigenvalue weighted by atomic mass is 9.98. The van der Waals surface area contributed by atoms with Gasteiger partial charge in [0, 0.05) is 17.9 Å². The monoisotopic (exact) mass is 428 g/mol. The Kier molecular flexibility index (Phi) is 5.77. The minimum absolute atomic E-state index is 0.197. The summed E-state index contributed by atoms with van der Waals surface area (Å²) in [5, 5.41) is 7.73. The summed E-state index contributed by atoms with van der Waals surface area (Å²) >= 11 is 0. The molecule has 2 aliphatic rings. The molecule has 6 heteroatoms. The van der Waals surface area contributed by atoms with Gasteiger partial charge in [0.25, 0.3) is 5.91 Å². The molecule has 3 N–H and O–H groups in total. The SMILES string of the molecule is Cc1[nH]c(/C=C2/C(=O)NN=C2c2ccco2)c(C2CC2)c1CCCNCc1ccccc1. The zero-order valence-corrected chi connectivity index (χ0v) is 18.3. The molecule has 1 aliphatic carbocycles. The van der Waals surface area contributed by atoms with Crippen LogP contribution in [0.4, 0.5) is 0 Å². The highest BCUT2D eigenvalue weighted by Crippen LogP contribution is 2.45. The molecule has 1 saturated carbocycles. The van der Waals surface area contributed by atoms with Crippen LogP contribution in [0.2, 0.25) is 0 Å². The van der Waals surface area contributed by atoms with Crippen molar-refractivity contribution in [3.05, 3.63) is 88.1 Å². The zero-order valence-electron chi connectivity index (χ0n) is 18.3. The van der Waals surface area contributed by atoms with E-state index in [-0.39, 0.29) is 5.91 Å². The van der Waals surface area contributed by atoms with Crippen molar-refractivity contribution in [2.24, 2.45) is 5.10 Å². The van der Waals surface area contributed by atoms with Gasteiger partial charge in [-0.25, -0.2) is 5.43 Å². The minimum Gasteiger partial charge on any atom is -0.463 e. The summed E-state index contributed by atoms with van der Waals surface area (Å²) in [6.07, 6.45) is 8.04. The molecule has 0 saturated heterocycles. The van der Waals surface area contributed by atoms with E-state index < -0.39 is 0 Å². The number of hydrogen-bond donors (Lipinski definition) is 3. The number of amides is 1. The van der Waals surface area contributed by atoms with Crippen LogP contribution in [0, 0.1) is 6.92 Å². The first kappa shape index (κ1) is 20.5. The van der Waals surface area contributed by atoms with Gasteiger partial charge in [0.05, 0.1) is 11.8 Å². The second kappa shape index (κ2) is 9.01. The van der Waals surface area contributed by atoms with Crippen LogP contribution in [-0.2, 0) is 17.8 Å². The van der Waals surface area contributed by atoms with Crippen LogP contribution >= 0.6 is 0 Å². The van der Waals surface area contributed by atoms with Crippen molar-refractivity contribution < 1.29 is 9.21 Å². The summed E-state index contributed by atoms with van der Waals surface area (Å²) in [7, 11) is 0. The van der Waals surface area contributed by atoms with E-state index >= 15 is 0 Å². The number of carbonyl (C=O) groups is 1. The van der Waals surface area contributed by atoms with Crippen LogP contribution in [0.1, 0.15) is 59.0 Å². The molecule has 5 rings (SSSR count). The Morgan fingerprint density at radius 2 is 2.03 bits per heavy atom. The topological polar surface area (TPSA) is 82.4 Å². The van der Waals surface area contributed by atoms with E-state index in [1.165, 1.54) is 35.2 Å². The molecule has 0 atom stereocenters. The molecule has 1 aromatic carbocycles. The molecule has 0 bridgehead atoms. The molecule has 1 aliphatic heterocycles. The Bertz CT molecular complexity index is 1150. The minimum atomic E-state index is -0.197. The Morgan fingerprint density at radius 3 is 2.78 bits per heavy atom. The fraction of sp³-hybridized carbons (Fsp3) is 0.308. The third-order valence-corrected chi connectivity index (χ3v) is 6.14. The molecule has 2 aromatic heterocycles. The van der Waals surface area contributed by atoms with Gasteiger partial charge in [-0.05, 0) is 80.0 Å². The maximum absolute atomic E-state index is 12.5. The summed E-state index contributed by atoms with van der Waals surface area (Å²) in [6, 6.07) is 14.1. The van der Waals surface area contributed by atoms with Crippen molar-refractivity contribution in [2.75, 3.05) is 6.54 Å². The van der Waals surface area contributed by atoms with E-state index in [0.29, 0.717) is 23.0 Å². The lowest BCUT2D eigenvalue weighted by molar-refractivity contribution is -0.116. The molecule has 1 amide bonds. The number of hydrazone groups is 1. The first-order valence-electron chi connectivity index (χ1n) is 11.3. The zero-order chi connectivity index (χ0) is 21.9. The Morgan fingerprint density at radius 1 is 1.19 bits per heavy atom. The van der Waals surface area contributed by atoms with E-state index in [1.807, 2.05) is 18.2 Å². The maximum Gasteiger partial charge on any atom is 0.273 e. The van der Waals surface area contributed by atoms with Crippen molar-refractivity contribution in [3.8, 4) is 0 Å². The predicted octanol–water partition coefficient (Wildman–Crippen LogP) is 4.43. The second-order valence-electron chi connectivity index (χ2n) is 8.53. The van der Waals surface area contributed by atoms with Gasteiger partial charge in [-0.2, -0.15) is 5.10 Å². The molecule has 6 nitrogen and oxygen atoms in total. The number of furan rings is 1. The Hall–Kier alpha value is -3.38. The van der Waals surface area contributed by atoms with Crippen molar-refractivity contribution >= 4 is 17.7 Å². The molecule has 1 fully saturated rings. The van der Waals surface area contributed by atoms with E-state index in [0.717, 1.165) is 31.6 Å². The van der Waals surface area contributed by atoms with E-state index in [2.05, 4.69) is 52.0 Å². The number of nitrogens with one attached hydrogen (secondary N) is 3. The lowest BCUT2D eigenvalue weighted by Gasteiger charge is -2.08. The van der Waals surface area contributed by atoms with Gasteiger partial charge in [0.2, 0.25) is 0 Å². The molecular formula is C26H28N4O2. The molecule has 3 aromatic rings. The highest BCUT2D eigenvalue weighted by atomic mass is 16.3. The highest BCUT2D eigenvalue weighted by Gasteiger charge is 2.32. The summed E-state index contributed by atoms with van der Waals surface area (Å²) in [6.45, 7) is 4.00. The Labute approximate surface area is 187 Å². The molecule has 164 valence electrons. The number of carbonyl (C=O) groups excluding carboxylic acids is 1. The predicted molar refractivity (Wildman–Crippen MR) is 125 cm³/mol. The van der Waals surface area contributed by atoms with Gasteiger partial charge in [0.15, 0.2) is 5.76 Å². The molecule has 0 radical (unpaired) electrons. The summed E-state index contributed by atoms with van der Waals surface area (Å²) in [4.78, 5) is 16.0. The Balaban J connectivity index is 1.31. The largest absolute Gasteiger partial charge is 0.463 e. The average Bonchev–Trinajstić information content (AvgIpc) is 3.21. The smallest absolute Gasteiger partial charge is 0.273 e. The van der Waals surface area contributed by atoms with Gasteiger partial charge in [-0.15, -0.1) is 0 Å². The number of rotatable bonds is 9. The molecule has 0 unspecified atom stereocenters. The maximum atomic E-state index is 12.5. The summed E-state index contributed by atoms with van der Waals surface area (Å²) in [5.74, 6) is 0.972. The summed E-state index contributed by atoms with van der Waals surface area (Å²) < 4.78 is 5.48.